The molecule has 0 bridgehead atoms. The van der Waals surface area contributed by atoms with Gasteiger partial charge in [0.2, 0.25) is 0 Å². The Morgan fingerprint density at radius 2 is 1.41 bits per heavy atom. The van der Waals surface area contributed by atoms with Crippen LogP contribution in [0.3, 0.4) is 0 Å². The first kappa shape index (κ1) is 24.2. The van der Waals surface area contributed by atoms with Crippen LogP contribution >= 0.6 is 11.6 Å². The maximum atomic E-state index is 14.1. The minimum Gasteiger partial charge on any atom is -0.376 e. The van der Waals surface area contributed by atoms with Crippen LogP contribution in [0.5, 0.6) is 5.75 Å². The molecule has 0 aliphatic carbocycles. The van der Waals surface area contributed by atoms with Crippen molar-refractivity contribution in [2.75, 3.05) is 0 Å². The normalized spacial score (nSPS) is 18.6. The predicted molar refractivity (Wildman–Crippen MR) is 117 cm³/mol. The number of rotatable bonds is 5. The summed E-state index contributed by atoms with van der Waals surface area (Å²) >= 11 is 6.33. The maximum absolute atomic E-state index is 14.1. The average molecular weight is 516 g/mol. The van der Waals surface area contributed by atoms with Gasteiger partial charge in [0.25, 0.3) is 0 Å². The zero-order chi connectivity index (χ0) is 24.7. The second kappa shape index (κ2) is 8.99. The highest BCUT2D eigenvalue weighted by atomic mass is 35.5. The van der Waals surface area contributed by atoms with Gasteiger partial charge in [-0.15, -0.1) is 11.6 Å². The van der Waals surface area contributed by atoms with Gasteiger partial charge in [-0.3, -0.25) is 4.99 Å². The lowest BCUT2D eigenvalue weighted by atomic mass is 9.99. The zero-order valence-corrected chi connectivity index (χ0v) is 18.6. The molecule has 34 heavy (non-hydrogen) atoms. The van der Waals surface area contributed by atoms with Gasteiger partial charge >= 0.3 is 15.6 Å². The van der Waals surface area contributed by atoms with E-state index in [1.54, 1.807) is 24.3 Å². The van der Waals surface area contributed by atoms with Gasteiger partial charge in [0, 0.05) is 0 Å². The molecule has 0 unspecified atom stereocenters. The van der Waals surface area contributed by atoms with Crippen LogP contribution in [0.25, 0.3) is 11.1 Å². The van der Waals surface area contributed by atoms with E-state index in [0.717, 1.165) is 29.8 Å². The van der Waals surface area contributed by atoms with Gasteiger partial charge < -0.3 is 4.18 Å². The van der Waals surface area contributed by atoms with Crippen molar-refractivity contribution in [3.8, 4) is 16.9 Å². The molecule has 2 atom stereocenters. The molecule has 4 nitrogen and oxygen atoms in total. The molecule has 11 heteroatoms. The van der Waals surface area contributed by atoms with Gasteiger partial charge in [0.05, 0.1) is 22.7 Å². The lowest BCUT2D eigenvalue weighted by Crippen LogP contribution is -2.28. The Morgan fingerprint density at radius 1 is 0.882 bits per heavy atom. The molecule has 0 fully saturated rings. The lowest BCUT2D eigenvalue weighted by Gasteiger charge is -2.11. The topological polar surface area (TPSA) is 55.7 Å². The minimum atomic E-state index is -5.75. The average Bonchev–Trinajstić information content (AvgIpc) is 3.14. The van der Waals surface area contributed by atoms with Crippen molar-refractivity contribution in [3.63, 3.8) is 0 Å². The molecule has 1 aliphatic heterocycles. The van der Waals surface area contributed by atoms with Crippen molar-refractivity contribution in [2.24, 2.45) is 4.99 Å². The number of aliphatic imine (C=N–C) groups is 1. The molecule has 1 heterocycles. The van der Waals surface area contributed by atoms with Crippen molar-refractivity contribution in [1.29, 1.82) is 0 Å². The van der Waals surface area contributed by atoms with Gasteiger partial charge in [-0.1, -0.05) is 42.5 Å². The highest BCUT2D eigenvalue weighted by Gasteiger charge is 2.48. The molecular formula is C23H15ClF5NO3S. The molecule has 4 rings (SSSR count). The summed E-state index contributed by atoms with van der Waals surface area (Å²) in [6, 6.07) is 15.2. The zero-order valence-electron chi connectivity index (χ0n) is 17.1. The first-order chi connectivity index (χ1) is 16.0. The van der Waals surface area contributed by atoms with Gasteiger partial charge in [-0.2, -0.15) is 21.6 Å². The largest absolute Gasteiger partial charge is 0.534 e. The summed E-state index contributed by atoms with van der Waals surface area (Å²) in [6.45, 7) is 0. The SMILES string of the molecule is O=S(=O)(Oc1ccc(-c2ccc([C@H]3C[C@H](Cl)C(c4c(F)cccc4F)=N3)cc2)cc1)C(F)(F)F. The van der Waals surface area contributed by atoms with E-state index >= 15 is 0 Å². The van der Waals surface area contributed by atoms with Crippen LogP contribution in [0.2, 0.25) is 0 Å². The smallest absolute Gasteiger partial charge is 0.376 e. The van der Waals surface area contributed by atoms with E-state index in [-0.39, 0.29) is 11.3 Å². The third-order valence-electron chi connectivity index (χ3n) is 5.21. The van der Waals surface area contributed by atoms with Crippen molar-refractivity contribution >= 4 is 27.4 Å². The van der Waals surface area contributed by atoms with Crippen molar-refractivity contribution in [3.05, 3.63) is 89.5 Å². The van der Waals surface area contributed by atoms with Gasteiger partial charge in [-0.25, -0.2) is 8.78 Å². The molecule has 3 aromatic carbocycles. The number of benzene rings is 3. The third-order valence-corrected chi connectivity index (χ3v) is 6.58. The van der Waals surface area contributed by atoms with E-state index in [9.17, 15) is 30.4 Å². The van der Waals surface area contributed by atoms with Gasteiger partial charge in [0.1, 0.15) is 17.4 Å². The fourth-order valence-corrected chi connectivity index (χ4v) is 4.35. The second-order valence-electron chi connectivity index (χ2n) is 7.46. The molecular weight excluding hydrogens is 501 g/mol. The second-order valence-corrected chi connectivity index (χ2v) is 9.52. The Labute approximate surface area is 196 Å². The Hall–Kier alpha value is -2.98. The maximum Gasteiger partial charge on any atom is 0.534 e. The fourth-order valence-electron chi connectivity index (χ4n) is 3.56. The van der Waals surface area contributed by atoms with Crippen LogP contribution in [0, 0.1) is 11.6 Å². The molecule has 0 aromatic heterocycles. The standard InChI is InChI=1S/C23H15ClF5NO3S/c24-17-12-20(30-22(17)21-18(25)2-1-3-19(21)26)15-6-4-13(5-7-15)14-8-10-16(11-9-14)33-34(31,32)23(27,28)29/h1-11,17,20H,12H2/t17-,20+/m0/s1. The lowest BCUT2D eigenvalue weighted by molar-refractivity contribution is -0.0500. The Bertz CT molecular complexity index is 1320. The Balaban J connectivity index is 1.52. The van der Waals surface area contributed by atoms with Crippen LogP contribution < -0.4 is 4.18 Å². The van der Waals surface area contributed by atoms with Crippen LogP contribution in [-0.4, -0.2) is 25.0 Å². The number of hydrogen-bond donors (Lipinski definition) is 0. The van der Waals surface area contributed by atoms with E-state index in [2.05, 4.69) is 9.18 Å². The highest BCUT2D eigenvalue weighted by Crippen LogP contribution is 2.36. The first-order valence-electron chi connectivity index (χ1n) is 9.83. The van der Waals surface area contributed by atoms with Crippen LogP contribution in [-0.2, 0) is 10.1 Å². The minimum absolute atomic E-state index is 0.149. The van der Waals surface area contributed by atoms with Gasteiger partial charge in [0.15, 0.2) is 0 Å². The number of alkyl halides is 4. The van der Waals surface area contributed by atoms with Crippen molar-refractivity contribution < 1.29 is 34.6 Å². The third kappa shape index (κ3) is 4.78. The van der Waals surface area contributed by atoms with E-state index in [1.807, 2.05) is 0 Å². The summed E-state index contributed by atoms with van der Waals surface area (Å²) in [5, 5.41) is -0.670. The first-order valence-corrected chi connectivity index (χ1v) is 11.7. The van der Waals surface area contributed by atoms with E-state index in [1.165, 1.54) is 18.2 Å². The predicted octanol–water partition coefficient (Wildman–Crippen LogP) is 6.40. The number of halogens is 6. The molecule has 0 N–H and O–H groups in total. The van der Waals surface area contributed by atoms with Crippen LogP contribution in [0.15, 0.2) is 71.7 Å². The van der Waals surface area contributed by atoms with E-state index < -0.39 is 44.4 Å². The molecule has 0 spiro atoms. The summed E-state index contributed by atoms with van der Waals surface area (Å²) in [5.41, 5.74) is -3.56. The quantitative estimate of drug-likeness (QED) is 0.171. The molecule has 0 saturated heterocycles. The van der Waals surface area contributed by atoms with Crippen molar-refractivity contribution in [2.45, 2.75) is 23.3 Å². The van der Waals surface area contributed by atoms with Gasteiger partial charge in [-0.05, 0) is 47.4 Å². The molecule has 3 aromatic rings. The van der Waals surface area contributed by atoms with Crippen LogP contribution in [0.4, 0.5) is 22.0 Å². The fraction of sp³-hybridized carbons (Fsp3) is 0.174. The van der Waals surface area contributed by atoms with Crippen LogP contribution in [0.1, 0.15) is 23.6 Å². The summed E-state index contributed by atoms with van der Waals surface area (Å²) in [4.78, 5) is 4.44. The van der Waals surface area contributed by atoms with E-state index in [4.69, 9.17) is 11.6 Å². The molecule has 0 amide bonds. The molecule has 0 radical (unpaired) electrons. The summed E-state index contributed by atoms with van der Waals surface area (Å²) < 4.78 is 91.9. The highest BCUT2D eigenvalue weighted by molar-refractivity contribution is 7.88. The summed E-state index contributed by atoms with van der Waals surface area (Å²) in [6.07, 6.45) is 0.351. The summed E-state index contributed by atoms with van der Waals surface area (Å²) in [7, 11) is -5.75. The van der Waals surface area contributed by atoms with E-state index in [0.29, 0.717) is 17.5 Å². The molecule has 178 valence electrons. The number of nitrogens with zero attached hydrogens (tertiary/aromatic N) is 1. The Kier molecular flexibility index (Phi) is 6.39. The molecule has 1 aliphatic rings. The summed E-state index contributed by atoms with van der Waals surface area (Å²) in [5.74, 6) is -1.95. The Morgan fingerprint density at radius 3 is 1.94 bits per heavy atom. The van der Waals surface area contributed by atoms with Crippen molar-refractivity contribution in [1.82, 2.24) is 0 Å². The monoisotopic (exact) mass is 515 g/mol. The molecule has 0 saturated carbocycles. The number of hydrogen-bond acceptors (Lipinski definition) is 4.